The average Bonchev–Trinajstić information content (AvgIpc) is 2.28. The molecule has 0 fully saturated rings. The molecule has 0 spiro atoms. The predicted octanol–water partition coefficient (Wildman–Crippen LogP) is 1.41. The summed E-state index contributed by atoms with van der Waals surface area (Å²) in [5.74, 6) is 0.0721. The minimum Gasteiger partial charge on any atom is -0.469 e. The third-order valence-corrected chi connectivity index (χ3v) is 3.97. The number of halogens is 2. The standard InChI is InChI=1S/C8H17Cl2N2O4P/c1-15-8(13)2-7-16-17(11,14)12(5-3-9)6-4-10/h2-7H2,1H3,(H2,11,14). The molecule has 0 aliphatic heterocycles. The van der Waals surface area contributed by atoms with Gasteiger partial charge in [-0.25, -0.2) is 10.2 Å². The van der Waals surface area contributed by atoms with Gasteiger partial charge in [0.05, 0.1) is 20.1 Å². The summed E-state index contributed by atoms with van der Waals surface area (Å²) >= 11 is 11.1. The van der Waals surface area contributed by atoms with Crippen molar-refractivity contribution >= 4 is 36.8 Å². The molecule has 102 valence electrons. The molecule has 0 aliphatic rings. The Morgan fingerprint density at radius 1 is 1.35 bits per heavy atom. The number of rotatable bonds is 9. The Morgan fingerprint density at radius 2 is 1.88 bits per heavy atom. The van der Waals surface area contributed by atoms with Gasteiger partial charge in [0, 0.05) is 24.8 Å². The largest absolute Gasteiger partial charge is 0.469 e. The zero-order chi connectivity index (χ0) is 13.3. The SMILES string of the molecule is COC(=O)CCOP(N)(=O)N(CCCl)CCCl. The van der Waals surface area contributed by atoms with E-state index in [9.17, 15) is 9.36 Å². The van der Waals surface area contributed by atoms with Gasteiger partial charge in [-0.05, 0) is 0 Å². The Kier molecular flexibility index (Phi) is 9.22. The van der Waals surface area contributed by atoms with Gasteiger partial charge < -0.3 is 9.26 Å². The van der Waals surface area contributed by atoms with Gasteiger partial charge in [-0.1, -0.05) is 0 Å². The maximum atomic E-state index is 12.0. The van der Waals surface area contributed by atoms with E-state index in [1.54, 1.807) is 0 Å². The average molecular weight is 307 g/mol. The summed E-state index contributed by atoms with van der Waals surface area (Å²) in [6.07, 6.45) is -0.00667. The van der Waals surface area contributed by atoms with Crippen molar-refractivity contribution in [2.24, 2.45) is 5.50 Å². The van der Waals surface area contributed by atoms with Crippen LogP contribution in [0, 0.1) is 0 Å². The van der Waals surface area contributed by atoms with Crippen molar-refractivity contribution < 1.29 is 18.6 Å². The molecule has 0 bridgehead atoms. The number of ether oxygens (including phenoxy) is 1. The van der Waals surface area contributed by atoms with E-state index in [1.807, 2.05) is 0 Å². The molecule has 17 heavy (non-hydrogen) atoms. The molecule has 0 heterocycles. The molecule has 0 saturated heterocycles. The molecule has 0 saturated carbocycles. The van der Waals surface area contributed by atoms with Crippen LogP contribution < -0.4 is 5.50 Å². The van der Waals surface area contributed by atoms with E-state index in [0.717, 1.165) is 0 Å². The zero-order valence-corrected chi connectivity index (χ0v) is 12.0. The highest BCUT2D eigenvalue weighted by Crippen LogP contribution is 2.42. The lowest BCUT2D eigenvalue weighted by atomic mass is 10.5. The normalized spacial score (nSPS) is 14.6. The van der Waals surface area contributed by atoms with Crippen LogP contribution in [0.3, 0.4) is 0 Å². The Morgan fingerprint density at radius 3 is 2.29 bits per heavy atom. The summed E-state index contributed by atoms with van der Waals surface area (Å²) < 4.78 is 22.8. The number of hydrogen-bond donors (Lipinski definition) is 1. The molecule has 1 atom stereocenters. The van der Waals surface area contributed by atoms with E-state index >= 15 is 0 Å². The number of nitrogens with zero attached hydrogens (tertiary/aromatic N) is 1. The monoisotopic (exact) mass is 306 g/mol. The van der Waals surface area contributed by atoms with Gasteiger partial charge in [0.15, 0.2) is 0 Å². The predicted molar refractivity (Wildman–Crippen MR) is 67.4 cm³/mol. The molecule has 2 N–H and O–H groups in total. The van der Waals surface area contributed by atoms with E-state index in [0.29, 0.717) is 13.1 Å². The first-order chi connectivity index (χ1) is 7.97. The molecule has 0 radical (unpaired) electrons. The van der Waals surface area contributed by atoms with Crippen molar-refractivity contribution in [2.75, 3.05) is 38.6 Å². The molecule has 0 amide bonds. The van der Waals surface area contributed by atoms with Gasteiger partial charge in [0.25, 0.3) is 0 Å². The third kappa shape index (κ3) is 7.24. The Balaban J connectivity index is 4.21. The molecule has 0 aromatic carbocycles. The van der Waals surface area contributed by atoms with Crippen molar-refractivity contribution in [2.45, 2.75) is 6.42 Å². The lowest BCUT2D eigenvalue weighted by Gasteiger charge is -2.26. The van der Waals surface area contributed by atoms with Crippen LogP contribution in [0.5, 0.6) is 0 Å². The number of esters is 1. The summed E-state index contributed by atoms with van der Waals surface area (Å²) in [6, 6.07) is 0. The quantitative estimate of drug-likeness (QED) is 0.394. The van der Waals surface area contributed by atoms with Crippen LogP contribution >= 0.6 is 30.9 Å². The molecular formula is C8H17Cl2N2O4P. The molecule has 0 aromatic heterocycles. The highest BCUT2D eigenvalue weighted by atomic mass is 35.5. The van der Waals surface area contributed by atoms with E-state index in [4.69, 9.17) is 33.2 Å². The fraction of sp³-hybridized carbons (Fsp3) is 0.875. The van der Waals surface area contributed by atoms with Gasteiger partial charge in [-0.2, -0.15) is 0 Å². The lowest BCUT2D eigenvalue weighted by Crippen LogP contribution is -2.30. The number of alkyl halides is 2. The van der Waals surface area contributed by atoms with Crippen LogP contribution in [-0.4, -0.2) is 49.2 Å². The van der Waals surface area contributed by atoms with Crippen LogP contribution in [0.4, 0.5) is 0 Å². The van der Waals surface area contributed by atoms with E-state index in [-0.39, 0.29) is 24.8 Å². The zero-order valence-electron chi connectivity index (χ0n) is 9.60. The van der Waals surface area contributed by atoms with Crippen LogP contribution in [0.15, 0.2) is 0 Å². The minimum absolute atomic E-state index is 0.00667. The van der Waals surface area contributed by atoms with Crippen molar-refractivity contribution in [3.63, 3.8) is 0 Å². The highest BCUT2D eigenvalue weighted by molar-refractivity contribution is 7.53. The molecule has 1 unspecified atom stereocenters. The van der Waals surface area contributed by atoms with Crippen molar-refractivity contribution in [1.82, 2.24) is 4.67 Å². The maximum absolute atomic E-state index is 12.0. The molecule has 0 aliphatic carbocycles. The second kappa shape index (κ2) is 9.14. The number of carbonyl (C=O) groups excluding carboxylic acids is 1. The van der Waals surface area contributed by atoms with Crippen LogP contribution in [0.2, 0.25) is 0 Å². The van der Waals surface area contributed by atoms with E-state index in [2.05, 4.69) is 4.74 Å². The lowest BCUT2D eigenvalue weighted by molar-refractivity contribution is -0.141. The van der Waals surface area contributed by atoms with Crippen molar-refractivity contribution in [1.29, 1.82) is 0 Å². The summed E-state index contributed by atoms with van der Waals surface area (Å²) in [5.41, 5.74) is 5.55. The van der Waals surface area contributed by atoms with E-state index < -0.39 is 13.6 Å². The highest BCUT2D eigenvalue weighted by Gasteiger charge is 2.26. The topological polar surface area (TPSA) is 81.9 Å². The molecule has 6 nitrogen and oxygen atoms in total. The first-order valence-electron chi connectivity index (χ1n) is 4.95. The van der Waals surface area contributed by atoms with Gasteiger partial charge >= 0.3 is 13.6 Å². The Bertz CT molecular complexity index is 274. The van der Waals surface area contributed by atoms with Gasteiger partial charge in [-0.15, -0.1) is 23.2 Å². The van der Waals surface area contributed by atoms with E-state index in [1.165, 1.54) is 11.8 Å². The van der Waals surface area contributed by atoms with Gasteiger partial charge in [0.2, 0.25) is 0 Å². The van der Waals surface area contributed by atoms with Gasteiger partial charge in [-0.3, -0.25) is 9.36 Å². The summed E-state index contributed by atoms with van der Waals surface area (Å²) in [5, 5.41) is 0. The number of methoxy groups -OCH3 is 1. The smallest absolute Gasteiger partial charge is 0.340 e. The van der Waals surface area contributed by atoms with Crippen LogP contribution in [-0.2, 0) is 18.6 Å². The Hall–Kier alpha value is 0.160. The van der Waals surface area contributed by atoms with Crippen LogP contribution in [0.25, 0.3) is 0 Å². The minimum atomic E-state index is -3.45. The van der Waals surface area contributed by atoms with Crippen molar-refractivity contribution in [3.8, 4) is 0 Å². The molecule has 9 heteroatoms. The second-order valence-electron chi connectivity index (χ2n) is 3.06. The summed E-state index contributed by atoms with van der Waals surface area (Å²) in [7, 11) is -2.18. The van der Waals surface area contributed by atoms with Gasteiger partial charge in [0.1, 0.15) is 0 Å². The van der Waals surface area contributed by atoms with Crippen molar-refractivity contribution in [3.05, 3.63) is 0 Å². The summed E-state index contributed by atoms with van der Waals surface area (Å²) in [4.78, 5) is 10.8. The second-order valence-corrected chi connectivity index (χ2v) is 5.76. The number of carbonyl (C=O) groups is 1. The molecule has 0 rings (SSSR count). The fourth-order valence-corrected chi connectivity index (χ4v) is 2.95. The molecule has 0 aromatic rings. The Labute approximate surface area is 111 Å². The first-order valence-corrected chi connectivity index (χ1v) is 7.66. The summed E-state index contributed by atoms with van der Waals surface area (Å²) in [6.45, 7) is 0.544. The third-order valence-electron chi connectivity index (χ3n) is 1.89. The number of nitrogens with two attached hydrogens (primary N) is 1. The fourth-order valence-electron chi connectivity index (χ4n) is 1.03. The molecular weight excluding hydrogens is 290 g/mol. The number of hydrogen-bond acceptors (Lipinski definition) is 4. The maximum Gasteiger partial charge on any atom is 0.340 e. The van der Waals surface area contributed by atoms with Crippen LogP contribution in [0.1, 0.15) is 6.42 Å². The first kappa shape index (κ1) is 17.2.